The van der Waals surface area contributed by atoms with E-state index in [1.54, 1.807) is 6.08 Å². The summed E-state index contributed by atoms with van der Waals surface area (Å²) in [5.41, 5.74) is 3.89. The predicted molar refractivity (Wildman–Crippen MR) is 114 cm³/mol. The number of hydrogen-bond acceptors (Lipinski definition) is 5. The summed E-state index contributed by atoms with van der Waals surface area (Å²) in [7, 11) is 0. The molecule has 0 aliphatic carbocycles. The van der Waals surface area contributed by atoms with Gasteiger partial charge < -0.3 is 14.4 Å². The molecule has 6 nitrogen and oxygen atoms in total. The molecule has 8 heteroatoms. The Kier molecular flexibility index (Phi) is 5.90. The Morgan fingerprint density at radius 3 is 2.57 bits per heavy atom. The normalized spacial score (nSPS) is 15.5. The number of aliphatic carboxylic acids is 1. The fourth-order valence-corrected chi connectivity index (χ4v) is 4.35. The van der Waals surface area contributed by atoms with Crippen LogP contribution in [-0.4, -0.2) is 43.9 Å². The molecule has 1 aromatic heterocycles. The van der Waals surface area contributed by atoms with E-state index in [0.717, 1.165) is 45.1 Å². The van der Waals surface area contributed by atoms with Gasteiger partial charge in [0.15, 0.2) is 0 Å². The van der Waals surface area contributed by atoms with Crippen LogP contribution in [0.5, 0.6) is 5.75 Å². The smallest absolute Gasteiger partial charge is 0.323 e. The Morgan fingerprint density at radius 1 is 1.29 bits per heavy atom. The van der Waals surface area contributed by atoms with Crippen LogP contribution < -0.4 is 4.74 Å². The van der Waals surface area contributed by atoms with Crippen LogP contribution in [0.25, 0.3) is 11.8 Å². The van der Waals surface area contributed by atoms with Crippen LogP contribution in [0.2, 0.25) is 0 Å². The molecule has 1 amide bonds. The molecule has 3 rings (SSSR count). The molecular weight excluding hydrogens is 396 g/mol. The highest BCUT2D eigenvalue weighted by atomic mass is 32.2. The number of hydrogen-bond donors (Lipinski definition) is 1. The monoisotopic (exact) mass is 416 g/mol. The number of ether oxygens (including phenoxy) is 1. The molecule has 0 saturated carbocycles. The third-order valence-electron chi connectivity index (χ3n) is 4.33. The molecule has 2 aromatic rings. The van der Waals surface area contributed by atoms with Crippen molar-refractivity contribution >= 4 is 46.3 Å². The molecule has 2 heterocycles. The summed E-state index contributed by atoms with van der Waals surface area (Å²) in [6.45, 7) is 6.11. The second-order valence-corrected chi connectivity index (χ2v) is 7.93. The van der Waals surface area contributed by atoms with Crippen molar-refractivity contribution in [3.8, 4) is 11.4 Å². The minimum Gasteiger partial charge on any atom is -0.494 e. The fourth-order valence-electron chi connectivity index (χ4n) is 3.10. The zero-order chi connectivity index (χ0) is 20.4. The Bertz CT molecular complexity index is 977. The number of carboxylic acids is 1. The van der Waals surface area contributed by atoms with Gasteiger partial charge >= 0.3 is 5.97 Å². The van der Waals surface area contributed by atoms with E-state index >= 15 is 0 Å². The van der Waals surface area contributed by atoms with Gasteiger partial charge in [0.1, 0.15) is 16.6 Å². The lowest BCUT2D eigenvalue weighted by atomic mass is 10.2. The SMILES string of the molecule is CCOc1ccc(-n2c(C)cc(/C=C3\SC(=S)N(CC(=O)O)C3=O)c2C)cc1. The van der Waals surface area contributed by atoms with Crippen LogP contribution in [0.4, 0.5) is 0 Å². The van der Waals surface area contributed by atoms with Crippen molar-refractivity contribution in [2.24, 2.45) is 0 Å². The highest BCUT2D eigenvalue weighted by Gasteiger charge is 2.33. The Morgan fingerprint density at radius 2 is 1.96 bits per heavy atom. The molecule has 0 radical (unpaired) electrons. The third kappa shape index (κ3) is 3.98. The number of rotatable bonds is 6. The molecule has 1 aliphatic heterocycles. The first-order chi connectivity index (χ1) is 13.3. The molecule has 1 fully saturated rings. The molecule has 28 heavy (non-hydrogen) atoms. The van der Waals surface area contributed by atoms with Gasteiger partial charge in [0.2, 0.25) is 0 Å². The summed E-state index contributed by atoms with van der Waals surface area (Å²) >= 11 is 6.28. The zero-order valence-corrected chi connectivity index (χ0v) is 17.4. The highest BCUT2D eigenvalue weighted by molar-refractivity contribution is 8.26. The highest BCUT2D eigenvalue weighted by Crippen LogP contribution is 2.34. The van der Waals surface area contributed by atoms with Crippen molar-refractivity contribution in [2.75, 3.05) is 13.2 Å². The summed E-state index contributed by atoms with van der Waals surface area (Å²) < 4.78 is 7.85. The van der Waals surface area contributed by atoms with Crippen molar-refractivity contribution < 1.29 is 19.4 Å². The number of nitrogens with zero attached hydrogens (tertiary/aromatic N) is 2. The summed E-state index contributed by atoms with van der Waals surface area (Å²) in [6, 6.07) is 9.82. The number of carbonyl (C=O) groups excluding carboxylic acids is 1. The largest absolute Gasteiger partial charge is 0.494 e. The van der Waals surface area contributed by atoms with Crippen LogP contribution >= 0.6 is 24.0 Å². The number of thiocarbonyl (C=S) groups is 1. The molecule has 1 N–H and O–H groups in total. The van der Waals surface area contributed by atoms with Crippen molar-refractivity contribution in [3.63, 3.8) is 0 Å². The van der Waals surface area contributed by atoms with Gasteiger partial charge in [-0.15, -0.1) is 0 Å². The van der Waals surface area contributed by atoms with Crippen LogP contribution in [0.1, 0.15) is 23.9 Å². The fraction of sp³-hybridized carbons (Fsp3) is 0.250. The molecule has 0 unspecified atom stereocenters. The first kappa shape index (κ1) is 20.2. The summed E-state index contributed by atoms with van der Waals surface area (Å²) in [6.07, 6.45) is 1.77. The standard InChI is InChI=1S/C20H20N2O4S2/c1-4-26-16-7-5-15(6-8-16)22-12(2)9-14(13(22)3)10-17-19(25)21(11-18(23)24)20(27)28-17/h5-10H,4,11H2,1-3H3,(H,23,24)/b17-10-. The Balaban J connectivity index is 1.92. The number of aromatic nitrogens is 1. The number of aryl methyl sites for hydroxylation is 1. The van der Waals surface area contributed by atoms with Crippen LogP contribution in [0.15, 0.2) is 35.2 Å². The van der Waals surface area contributed by atoms with Gasteiger partial charge in [0, 0.05) is 17.1 Å². The second-order valence-electron chi connectivity index (χ2n) is 6.25. The molecule has 0 bridgehead atoms. The Labute approximate surface area is 172 Å². The van der Waals surface area contributed by atoms with Gasteiger partial charge in [-0.2, -0.15) is 0 Å². The predicted octanol–water partition coefficient (Wildman–Crippen LogP) is 3.78. The van der Waals surface area contributed by atoms with E-state index in [0.29, 0.717) is 11.5 Å². The molecule has 0 spiro atoms. The average molecular weight is 417 g/mol. The van der Waals surface area contributed by atoms with Gasteiger partial charge in [0.05, 0.1) is 11.5 Å². The second kappa shape index (κ2) is 8.20. The topological polar surface area (TPSA) is 71.8 Å². The minimum absolute atomic E-state index is 0.263. The first-order valence-electron chi connectivity index (χ1n) is 8.71. The van der Waals surface area contributed by atoms with Gasteiger partial charge in [-0.3, -0.25) is 14.5 Å². The summed E-state index contributed by atoms with van der Waals surface area (Å²) in [5.74, 6) is -0.648. The summed E-state index contributed by atoms with van der Waals surface area (Å²) in [4.78, 5) is 25.0. The van der Waals surface area contributed by atoms with Gasteiger partial charge in [-0.1, -0.05) is 24.0 Å². The third-order valence-corrected chi connectivity index (χ3v) is 5.71. The zero-order valence-electron chi connectivity index (χ0n) is 15.8. The number of amides is 1. The van der Waals surface area contributed by atoms with E-state index in [-0.39, 0.29) is 10.2 Å². The number of benzene rings is 1. The lowest BCUT2D eigenvalue weighted by Crippen LogP contribution is -2.33. The molecule has 0 atom stereocenters. The van der Waals surface area contributed by atoms with E-state index in [2.05, 4.69) is 4.57 Å². The number of carboxylic acid groups (broad SMARTS) is 1. The minimum atomic E-state index is -1.09. The maximum absolute atomic E-state index is 12.5. The maximum Gasteiger partial charge on any atom is 0.323 e. The molecule has 1 saturated heterocycles. The Hall–Kier alpha value is -2.58. The lowest BCUT2D eigenvalue weighted by molar-refractivity contribution is -0.140. The first-order valence-corrected chi connectivity index (χ1v) is 9.93. The van der Waals surface area contributed by atoms with Crippen molar-refractivity contribution in [3.05, 3.63) is 52.2 Å². The van der Waals surface area contributed by atoms with E-state index in [1.165, 1.54) is 0 Å². The number of thioether (sulfide) groups is 1. The molecule has 1 aliphatic rings. The van der Waals surface area contributed by atoms with E-state index in [9.17, 15) is 9.59 Å². The van der Waals surface area contributed by atoms with Crippen molar-refractivity contribution in [1.82, 2.24) is 9.47 Å². The van der Waals surface area contributed by atoms with E-state index in [1.807, 2.05) is 51.1 Å². The maximum atomic E-state index is 12.5. The van der Waals surface area contributed by atoms with Crippen LogP contribution in [0.3, 0.4) is 0 Å². The van der Waals surface area contributed by atoms with Crippen LogP contribution in [0, 0.1) is 13.8 Å². The summed E-state index contributed by atoms with van der Waals surface area (Å²) in [5, 5.41) is 8.95. The van der Waals surface area contributed by atoms with Crippen LogP contribution in [-0.2, 0) is 9.59 Å². The average Bonchev–Trinajstić information content (AvgIpc) is 3.06. The van der Waals surface area contributed by atoms with E-state index in [4.69, 9.17) is 22.1 Å². The van der Waals surface area contributed by atoms with Gasteiger partial charge in [0.25, 0.3) is 5.91 Å². The van der Waals surface area contributed by atoms with Gasteiger partial charge in [-0.25, -0.2) is 0 Å². The lowest BCUT2D eigenvalue weighted by Gasteiger charge is -2.11. The quantitative estimate of drug-likeness (QED) is 0.571. The molecule has 1 aromatic carbocycles. The van der Waals surface area contributed by atoms with Gasteiger partial charge in [-0.05, 0) is 62.7 Å². The molecule has 146 valence electrons. The number of carbonyl (C=O) groups is 2. The van der Waals surface area contributed by atoms with E-state index < -0.39 is 12.5 Å². The van der Waals surface area contributed by atoms with Crippen molar-refractivity contribution in [1.29, 1.82) is 0 Å². The molecular formula is C20H20N2O4S2. The van der Waals surface area contributed by atoms with Crippen molar-refractivity contribution in [2.45, 2.75) is 20.8 Å².